The molecule has 134 valence electrons. The number of nitrogens with one attached hydrogen (secondary N) is 2. The predicted molar refractivity (Wildman–Crippen MR) is 95.4 cm³/mol. The normalized spacial score (nSPS) is 34.0. The van der Waals surface area contributed by atoms with Gasteiger partial charge in [-0.2, -0.15) is 0 Å². The molecular weight excluding hydrogens is 316 g/mol. The van der Waals surface area contributed by atoms with Crippen molar-refractivity contribution in [2.75, 3.05) is 5.32 Å². The Morgan fingerprint density at radius 2 is 2.16 bits per heavy atom. The average molecular weight is 342 g/mol. The maximum absolute atomic E-state index is 12.9. The fourth-order valence-corrected chi connectivity index (χ4v) is 4.85. The van der Waals surface area contributed by atoms with Crippen LogP contribution in [-0.4, -0.2) is 23.5 Å². The minimum absolute atomic E-state index is 0.0652. The number of benzene rings is 1. The number of hydrogen-bond acceptors (Lipinski definition) is 3. The topological polar surface area (TPSA) is 67.4 Å². The zero-order chi connectivity index (χ0) is 17.8. The Balaban J connectivity index is 1.49. The van der Waals surface area contributed by atoms with Crippen LogP contribution >= 0.6 is 0 Å². The van der Waals surface area contributed by atoms with E-state index >= 15 is 0 Å². The summed E-state index contributed by atoms with van der Waals surface area (Å²) in [6.07, 6.45) is 5.10. The summed E-state index contributed by atoms with van der Waals surface area (Å²) >= 11 is 0. The second-order valence-electron chi connectivity index (χ2n) is 8.19. The summed E-state index contributed by atoms with van der Waals surface area (Å²) in [6.45, 7) is 5.56. The molecule has 2 fully saturated rings. The Labute approximate surface area is 148 Å². The lowest BCUT2D eigenvalue weighted by molar-refractivity contribution is -0.147. The third kappa shape index (κ3) is 2.70. The molecule has 3 aliphatic rings. The standard InChI is InChI=1S/C20H26N2O3/c1-11-4-7-17-16(8-11)22-19(24)20(3,25-17)18(23)21-12(2)15-10-13-5-6-14(15)9-13/h4,7-8,12-15H,5-6,9-10H2,1-3H3,(H,21,23)(H,22,24). The molecule has 2 aliphatic carbocycles. The number of anilines is 1. The maximum atomic E-state index is 12.9. The van der Waals surface area contributed by atoms with Crippen molar-refractivity contribution in [3.63, 3.8) is 0 Å². The number of carbonyl (C=O) groups is 2. The minimum Gasteiger partial charge on any atom is -0.466 e. The maximum Gasteiger partial charge on any atom is 0.278 e. The SMILES string of the molecule is Cc1ccc2c(c1)NC(=O)C(C)(C(=O)NC(C)C1CC3CCC1C3)O2. The summed E-state index contributed by atoms with van der Waals surface area (Å²) in [5.41, 5.74) is 0.116. The van der Waals surface area contributed by atoms with Crippen molar-refractivity contribution in [3.05, 3.63) is 23.8 Å². The lowest BCUT2D eigenvalue weighted by Gasteiger charge is -2.36. The molecule has 5 nitrogen and oxygen atoms in total. The third-order valence-corrected chi connectivity index (χ3v) is 6.36. The van der Waals surface area contributed by atoms with Crippen molar-refractivity contribution in [3.8, 4) is 5.75 Å². The van der Waals surface area contributed by atoms with Gasteiger partial charge in [-0.05, 0) is 75.5 Å². The van der Waals surface area contributed by atoms with Crippen molar-refractivity contribution in [1.29, 1.82) is 0 Å². The molecule has 0 aromatic heterocycles. The fourth-order valence-electron chi connectivity index (χ4n) is 4.85. The second-order valence-corrected chi connectivity index (χ2v) is 8.19. The molecule has 1 aromatic rings. The number of amides is 2. The van der Waals surface area contributed by atoms with Crippen LogP contribution in [0.4, 0.5) is 5.69 Å². The van der Waals surface area contributed by atoms with Crippen molar-refractivity contribution in [2.45, 2.75) is 58.1 Å². The zero-order valence-electron chi connectivity index (χ0n) is 15.1. The molecular formula is C20H26N2O3. The Kier molecular flexibility index (Phi) is 3.78. The van der Waals surface area contributed by atoms with E-state index in [1.165, 1.54) is 25.7 Å². The number of hydrogen-bond donors (Lipinski definition) is 2. The lowest BCUT2D eigenvalue weighted by atomic mass is 9.83. The summed E-state index contributed by atoms with van der Waals surface area (Å²) in [5.74, 6) is 1.84. The number of aryl methyl sites for hydroxylation is 1. The van der Waals surface area contributed by atoms with Crippen LogP contribution in [0, 0.1) is 24.7 Å². The van der Waals surface area contributed by atoms with Gasteiger partial charge in [0.25, 0.3) is 17.4 Å². The van der Waals surface area contributed by atoms with Crippen molar-refractivity contribution >= 4 is 17.5 Å². The molecule has 0 saturated heterocycles. The fraction of sp³-hybridized carbons (Fsp3) is 0.600. The molecule has 5 heteroatoms. The molecule has 2 N–H and O–H groups in total. The molecule has 0 spiro atoms. The van der Waals surface area contributed by atoms with E-state index in [9.17, 15) is 9.59 Å². The monoisotopic (exact) mass is 342 g/mol. The van der Waals surface area contributed by atoms with Crippen LogP contribution in [-0.2, 0) is 9.59 Å². The highest BCUT2D eigenvalue weighted by atomic mass is 16.5. The highest BCUT2D eigenvalue weighted by molar-refractivity contribution is 6.15. The molecule has 2 saturated carbocycles. The summed E-state index contributed by atoms with van der Waals surface area (Å²) < 4.78 is 5.85. The molecule has 1 heterocycles. The Hall–Kier alpha value is -2.04. The van der Waals surface area contributed by atoms with E-state index in [2.05, 4.69) is 17.6 Å². The smallest absolute Gasteiger partial charge is 0.278 e. The highest BCUT2D eigenvalue weighted by Gasteiger charge is 2.49. The van der Waals surface area contributed by atoms with Crippen LogP contribution in [0.25, 0.3) is 0 Å². The van der Waals surface area contributed by atoms with Crippen LogP contribution in [0.15, 0.2) is 18.2 Å². The van der Waals surface area contributed by atoms with Crippen molar-refractivity contribution in [2.24, 2.45) is 17.8 Å². The van der Waals surface area contributed by atoms with Crippen LogP contribution < -0.4 is 15.4 Å². The van der Waals surface area contributed by atoms with Gasteiger partial charge >= 0.3 is 0 Å². The lowest BCUT2D eigenvalue weighted by Crippen LogP contribution is -2.60. The minimum atomic E-state index is -1.53. The first-order valence-electron chi connectivity index (χ1n) is 9.29. The van der Waals surface area contributed by atoms with Gasteiger partial charge < -0.3 is 15.4 Å². The van der Waals surface area contributed by atoms with Gasteiger partial charge in [-0.25, -0.2) is 0 Å². The van der Waals surface area contributed by atoms with E-state index in [1.807, 2.05) is 19.1 Å². The van der Waals surface area contributed by atoms with Gasteiger partial charge in [-0.1, -0.05) is 12.5 Å². The number of fused-ring (bicyclic) bond motifs is 3. The first-order valence-corrected chi connectivity index (χ1v) is 9.29. The predicted octanol–water partition coefficient (Wildman–Crippen LogP) is 3.03. The molecule has 5 unspecified atom stereocenters. The zero-order valence-corrected chi connectivity index (χ0v) is 15.1. The summed E-state index contributed by atoms with van der Waals surface area (Å²) in [6, 6.07) is 5.62. The highest BCUT2D eigenvalue weighted by Crippen LogP contribution is 2.49. The van der Waals surface area contributed by atoms with E-state index < -0.39 is 11.5 Å². The van der Waals surface area contributed by atoms with Gasteiger partial charge in [0, 0.05) is 6.04 Å². The van der Waals surface area contributed by atoms with Crippen molar-refractivity contribution < 1.29 is 14.3 Å². The van der Waals surface area contributed by atoms with E-state index in [1.54, 1.807) is 13.0 Å². The van der Waals surface area contributed by atoms with E-state index in [0.29, 0.717) is 17.4 Å². The Morgan fingerprint density at radius 3 is 2.84 bits per heavy atom. The number of rotatable bonds is 3. The van der Waals surface area contributed by atoms with Crippen molar-refractivity contribution in [1.82, 2.24) is 5.32 Å². The largest absolute Gasteiger partial charge is 0.466 e. The van der Waals surface area contributed by atoms with Crippen LogP contribution in [0.1, 0.15) is 45.1 Å². The van der Waals surface area contributed by atoms with E-state index in [-0.39, 0.29) is 11.9 Å². The Bertz CT molecular complexity index is 732. The number of carbonyl (C=O) groups excluding carboxylic acids is 2. The van der Waals surface area contributed by atoms with Gasteiger partial charge in [0.2, 0.25) is 0 Å². The van der Waals surface area contributed by atoms with Gasteiger partial charge in [-0.15, -0.1) is 0 Å². The van der Waals surface area contributed by atoms with Gasteiger partial charge in [-0.3, -0.25) is 9.59 Å². The van der Waals surface area contributed by atoms with E-state index in [0.717, 1.165) is 17.4 Å². The molecule has 25 heavy (non-hydrogen) atoms. The summed E-state index contributed by atoms with van der Waals surface area (Å²) in [7, 11) is 0. The van der Waals surface area contributed by atoms with Gasteiger partial charge in [0.05, 0.1) is 5.69 Å². The molecule has 2 bridgehead atoms. The molecule has 1 aliphatic heterocycles. The first-order chi connectivity index (χ1) is 11.9. The third-order valence-electron chi connectivity index (χ3n) is 6.36. The van der Waals surface area contributed by atoms with Gasteiger partial charge in [0.1, 0.15) is 5.75 Å². The second kappa shape index (κ2) is 5.75. The van der Waals surface area contributed by atoms with E-state index in [4.69, 9.17) is 4.74 Å². The first kappa shape index (κ1) is 16.4. The summed E-state index contributed by atoms with van der Waals surface area (Å²) in [5, 5.41) is 5.88. The quantitative estimate of drug-likeness (QED) is 0.830. The van der Waals surface area contributed by atoms with Crippen LogP contribution in [0.2, 0.25) is 0 Å². The average Bonchev–Trinajstić information content (AvgIpc) is 3.19. The van der Waals surface area contributed by atoms with Crippen LogP contribution in [0.5, 0.6) is 5.75 Å². The molecule has 5 atom stereocenters. The Morgan fingerprint density at radius 1 is 1.36 bits per heavy atom. The summed E-state index contributed by atoms with van der Waals surface area (Å²) in [4.78, 5) is 25.4. The molecule has 0 radical (unpaired) electrons. The van der Waals surface area contributed by atoms with Gasteiger partial charge in [0.15, 0.2) is 0 Å². The molecule has 1 aromatic carbocycles. The molecule has 2 amide bonds. The molecule has 4 rings (SSSR count). The van der Waals surface area contributed by atoms with Crippen LogP contribution in [0.3, 0.4) is 0 Å². The number of ether oxygens (including phenoxy) is 1.